The van der Waals surface area contributed by atoms with Gasteiger partial charge >= 0.3 is 0 Å². The van der Waals surface area contributed by atoms with E-state index in [0.29, 0.717) is 6.04 Å². The number of benzene rings is 1. The fraction of sp³-hybridized carbons (Fsp3) is 0.600. The minimum Gasteiger partial charge on any atom is -0.310 e. The molecule has 0 heterocycles. The van der Waals surface area contributed by atoms with Gasteiger partial charge in [0.15, 0.2) is 0 Å². The normalized spacial score (nSPS) is 12.9. The van der Waals surface area contributed by atoms with Crippen LogP contribution in [0, 0.1) is 0 Å². The van der Waals surface area contributed by atoms with Gasteiger partial charge < -0.3 is 10.2 Å². The van der Waals surface area contributed by atoms with Crippen LogP contribution in [0.5, 0.6) is 0 Å². The van der Waals surface area contributed by atoms with Crippen molar-refractivity contribution >= 4 is 0 Å². The van der Waals surface area contributed by atoms with Crippen LogP contribution in [0.1, 0.15) is 38.8 Å². The van der Waals surface area contributed by atoms with Gasteiger partial charge in [-0.2, -0.15) is 0 Å². The number of nitrogens with zero attached hydrogens (tertiary/aromatic N) is 1. The summed E-state index contributed by atoms with van der Waals surface area (Å²) >= 11 is 0. The summed E-state index contributed by atoms with van der Waals surface area (Å²) in [6, 6.07) is 11.1. The molecule has 0 aliphatic heterocycles. The first-order valence-corrected chi connectivity index (χ1v) is 6.78. The summed E-state index contributed by atoms with van der Waals surface area (Å²) in [5, 5.41) is 3.58. The van der Waals surface area contributed by atoms with Crippen molar-refractivity contribution in [3.05, 3.63) is 35.9 Å². The van der Waals surface area contributed by atoms with Crippen LogP contribution in [-0.4, -0.2) is 31.1 Å². The Labute approximate surface area is 106 Å². The zero-order valence-corrected chi connectivity index (χ0v) is 11.4. The van der Waals surface area contributed by atoms with Crippen molar-refractivity contribution in [2.45, 2.75) is 33.2 Å². The van der Waals surface area contributed by atoms with E-state index in [2.05, 4.69) is 61.3 Å². The highest BCUT2D eigenvalue weighted by Crippen LogP contribution is 2.10. The fourth-order valence-electron chi connectivity index (χ4n) is 2.02. The highest BCUT2D eigenvalue weighted by atomic mass is 15.1. The molecule has 96 valence electrons. The Hall–Kier alpha value is -0.860. The van der Waals surface area contributed by atoms with Crippen molar-refractivity contribution in [1.29, 1.82) is 0 Å². The molecular weight excluding hydrogens is 208 g/mol. The maximum absolute atomic E-state index is 3.58. The first-order valence-electron chi connectivity index (χ1n) is 6.78. The summed E-state index contributed by atoms with van der Waals surface area (Å²) in [6.07, 6.45) is 1.22. The van der Waals surface area contributed by atoms with Crippen molar-refractivity contribution in [2.75, 3.05) is 26.2 Å². The molecule has 2 nitrogen and oxygen atoms in total. The molecule has 2 heteroatoms. The monoisotopic (exact) mass is 234 g/mol. The topological polar surface area (TPSA) is 15.3 Å². The van der Waals surface area contributed by atoms with E-state index >= 15 is 0 Å². The number of nitrogens with one attached hydrogen (secondary N) is 1. The SMILES string of the molecule is CCN(CC)CCCNC(C)c1ccccc1. The standard InChI is InChI=1S/C15H26N2/c1-4-17(5-2)13-9-12-16-14(3)15-10-7-6-8-11-15/h6-8,10-11,14,16H,4-5,9,12-13H2,1-3H3. The van der Waals surface area contributed by atoms with E-state index < -0.39 is 0 Å². The highest BCUT2D eigenvalue weighted by Gasteiger charge is 2.03. The summed E-state index contributed by atoms with van der Waals surface area (Å²) in [4.78, 5) is 2.47. The summed E-state index contributed by atoms with van der Waals surface area (Å²) in [6.45, 7) is 11.3. The third-order valence-electron chi connectivity index (χ3n) is 3.30. The zero-order valence-electron chi connectivity index (χ0n) is 11.4. The molecule has 17 heavy (non-hydrogen) atoms. The van der Waals surface area contributed by atoms with E-state index in [4.69, 9.17) is 0 Å². The maximum Gasteiger partial charge on any atom is 0.0291 e. The van der Waals surface area contributed by atoms with Crippen molar-refractivity contribution < 1.29 is 0 Å². The van der Waals surface area contributed by atoms with Gasteiger partial charge in [0.25, 0.3) is 0 Å². The van der Waals surface area contributed by atoms with Gasteiger partial charge in [-0.15, -0.1) is 0 Å². The average Bonchev–Trinajstić information content (AvgIpc) is 2.40. The van der Waals surface area contributed by atoms with Crippen LogP contribution < -0.4 is 5.32 Å². The van der Waals surface area contributed by atoms with Crippen LogP contribution in [0.2, 0.25) is 0 Å². The molecule has 1 rings (SSSR count). The summed E-state index contributed by atoms with van der Waals surface area (Å²) in [7, 11) is 0. The minimum atomic E-state index is 0.452. The van der Waals surface area contributed by atoms with Gasteiger partial charge in [0.1, 0.15) is 0 Å². The molecule has 1 unspecified atom stereocenters. The molecule has 1 atom stereocenters. The second-order valence-electron chi connectivity index (χ2n) is 4.47. The van der Waals surface area contributed by atoms with Crippen molar-refractivity contribution in [3.63, 3.8) is 0 Å². The molecule has 0 saturated carbocycles. The Morgan fingerprint density at radius 1 is 1.12 bits per heavy atom. The van der Waals surface area contributed by atoms with Gasteiger partial charge in [0, 0.05) is 6.04 Å². The van der Waals surface area contributed by atoms with E-state index in [1.165, 1.54) is 18.5 Å². The molecule has 0 aliphatic carbocycles. The molecule has 0 spiro atoms. The minimum absolute atomic E-state index is 0.452. The van der Waals surface area contributed by atoms with Crippen LogP contribution in [0.25, 0.3) is 0 Å². The second kappa shape index (κ2) is 8.26. The highest BCUT2D eigenvalue weighted by molar-refractivity contribution is 5.17. The summed E-state index contributed by atoms with van der Waals surface area (Å²) in [5.74, 6) is 0. The Morgan fingerprint density at radius 2 is 1.76 bits per heavy atom. The molecule has 0 fully saturated rings. The number of rotatable bonds is 8. The molecule has 0 amide bonds. The third kappa shape index (κ3) is 5.33. The Bertz CT molecular complexity index is 280. The lowest BCUT2D eigenvalue weighted by Gasteiger charge is -2.19. The lowest BCUT2D eigenvalue weighted by molar-refractivity contribution is 0.296. The Balaban J connectivity index is 2.19. The summed E-state index contributed by atoms with van der Waals surface area (Å²) < 4.78 is 0. The van der Waals surface area contributed by atoms with Crippen LogP contribution >= 0.6 is 0 Å². The zero-order chi connectivity index (χ0) is 12.5. The van der Waals surface area contributed by atoms with Gasteiger partial charge in [-0.1, -0.05) is 44.2 Å². The quantitative estimate of drug-likeness (QED) is 0.695. The molecule has 0 radical (unpaired) electrons. The van der Waals surface area contributed by atoms with Gasteiger partial charge in [-0.3, -0.25) is 0 Å². The van der Waals surface area contributed by atoms with E-state index in [1.807, 2.05) is 0 Å². The predicted octanol–water partition coefficient (Wildman–Crippen LogP) is 3.07. The molecular formula is C15H26N2. The molecule has 0 bridgehead atoms. The van der Waals surface area contributed by atoms with E-state index in [-0.39, 0.29) is 0 Å². The first-order chi connectivity index (χ1) is 8.27. The molecule has 1 aromatic carbocycles. The predicted molar refractivity (Wildman–Crippen MR) is 75.3 cm³/mol. The van der Waals surface area contributed by atoms with Crippen LogP contribution in [0.4, 0.5) is 0 Å². The lowest BCUT2D eigenvalue weighted by atomic mass is 10.1. The van der Waals surface area contributed by atoms with Gasteiger partial charge in [0.2, 0.25) is 0 Å². The molecule has 0 saturated heterocycles. The second-order valence-corrected chi connectivity index (χ2v) is 4.47. The largest absolute Gasteiger partial charge is 0.310 e. The smallest absolute Gasteiger partial charge is 0.0291 e. The van der Waals surface area contributed by atoms with Gasteiger partial charge in [-0.05, 0) is 45.1 Å². The first kappa shape index (κ1) is 14.2. The molecule has 1 aromatic rings. The third-order valence-corrected chi connectivity index (χ3v) is 3.30. The van der Waals surface area contributed by atoms with Crippen molar-refractivity contribution in [2.24, 2.45) is 0 Å². The lowest BCUT2D eigenvalue weighted by Crippen LogP contribution is -2.28. The Morgan fingerprint density at radius 3 is 2.35 bits per heavy atom. The fourth-order valence-corrected chi connectivity index (χ4v) is 2.02. The van der Waals surface area contributed by atoms with E-state index in [1.54, 1.807) is 0 Å². The molecule has 0 aliphatic rings. The number of hydrogen-bond acceptors (Lipinski definition) is 2. The van der Waals surface area contributed by atoms with Crippen molar-refractivity contribution in [3.8, 4) is 0 Å². The van der Waals surface area contributed by atoms with Gasteiger partial charge in [0.05, 0.1) is 0 Å². The van der Waals surface area contributed by atoms with Crippen molar-refractivity contribution in [1.82, 2.24) is 10.2 Å². The Kier molecular flexibility index (Phi) is 6.90. The van der Waals surface area contributed by atoms with Gasteiger partial charge in [-0.25, -0.2) is 0 Å². The van der Waals surface area contributed by atoms with Crippen LogP contribution in [-0.2, 0) is 0 Å². The maximum atomic E-state index is 3.58. The summed E-state index contributed by atoms with van der Waals surface area (Å²) in [5.41, 5.74) is 1.37. The van der Waals surface area contributed by atoms with Crippen LogP contribution in [0.3, 0.4) is 0 Å². The molecule has 0 aromatic heterocycles. The molecule has 1 N–H and O–H groups in total. The van der Waals surface area contributed by atoms with Crippen LogP contribution in [0.15, 0.2) is 30.3 Å². The van der Waals surface area contributed by atoms with E-state index in [0.717, 1.165) is 19.6 Å². The average molecular weight is 234 g/mol. The van der Waals surface area contributed by atoms with E-state index in [9.17, 15) is 0 Å². The number of hydrogen-bond donors (Lipinski definition) is 1.